The lowest BCUT2D eigenvalue weighted by Crippen LogP contribution is -2.05. The molecule has 3 nitrogen and oxygen atoms in total. The van der Waals surface area contributed by atoms with Crippen LogP contribution in [-0.4, -0.2) is 17.0 Å². The Hall–Kier alpha value is -0.680. The number of hydrogen-bond donors (Lipinski definition) is 3. The molecular formula is C18H23O3PS3. The second-order valence-electron chi connectivity index (χ2n) is 5.45. The Morgan fingerprint density at radius 1 is 0.760 bits per heavy atom. The summed E-state index contributed by atoms with van der Waals surface area (Å²) in [6.07, 6.45) is 2.45. The first-order valence-electron chi connectivity index (χ1n) is 8.08. The zero-order valence-corrected chi connectivity index (χ0v) is 17.5. The van der Waals surface area contributed by atoms with E-state index in [0.717, 1.165) is 36.1 Å². The Kier molecular flexibility index (Phi) is 8.63. The zero-order chi connectivity index (χ0) is 18.1. The van der Waals surface area contributed by atoms with Gasteiger partial charge in [0.15, 0.2) is 0 Å². The van der Waals surface area contributed by atoms with Gasteiger partial charge in [0.05, 0.1) is 0 Å². The molecule has 0 spiro atoms. The van der Waals surface area contributed by atoms with Crippen LogP contribution in [0.3, 0.4) is 0 Å². The minimum atomic E-state index is -3.43. The van der Waals surface area contributed by atoms with Gasteiger partial charge in [-0.2, -0.15) is 37.9 Å². The monoisotopic (exact) mass is 414 g/mol. The zero-order valence-electron chi connectivity index (χ0n) is 13.9. The Bertz CT molecular complexity index is 724. The Morgan fingerprint density at radius 3 is 1.76 bits per heavy atom. The fourth-order valence-electron chi connectivity index (χ4n) is 2.36. The fraction of sp³-hybridized carbons (Fsp3) is 0.333. The lowest BCUT2D eigenvalue weighted by atomic mass is 10.1. The van der Waals surface area contributed by atoms with Crippen LogP contribution in [-0.2, 0) is 17.4 Å². The summed E-state index contributed by atoms with van der Waals surface area (Å²) in [7, 11) is -3.43. The van der Waals surface area contributed by atoms with Crippen molar-refractivity contribution in [1.29, 1.82) is 0 Å². The van der Waals surface area contributed by atoms with Gasteiger partial charge in [-0.25, -0.2) is 4.57 Å². The van der Waals surface area contributed by atoms with E-state index in [4.69, 9.17) is 9.05 Å². The predicted octanol–water partition coefficient (Wildman–Crippen LogP) is 5.56. The Morgan fingerprint density at radius 2 is 1.28 bits per heavy atom. The highest BCUT2D eigenvalue weighted by molar-refractivity contribution is 7.89. The van der Waals surface area contributed by atoms with Crippen LogP contribution in [0.1, 0.15) is 17.5 Å². The van der Waals surface area contributed by atoms with Crippen molar-refractivity contribution in [2.45, 2.75) is 19.3 Å². The molecule has 25 heavy (non-hydrogen) atoms. The molecule has 0 radical (unpaired) electrons. The van der Waals surface area contributed by atoms with Gasteiger partial charge in [-0.05, 0) is 54.0 Å². The molecular weight excluding hydrogens is 391 g/mol. The van der Waals surface area contributed by atoms with Crippen molar-refractivity contribution in [3.05, 3.63) is 59.7 Å². The lowest BCUT2D eigenvalue weighted by Gasteiger charge is -2.21. The van der Waals surface area contributed by atoms with E-state index in [9.17, 15) is 4.57 Å². The molecule has 7 heteroatoms. The van der Waals surface area contributed by atoms with Gasteiger partial charge in [-0.1, -0.05) is 36.4 Å². The van der Waals surface area contributed by atoms with Gasteiger partial charge in [0.25, 0.3) is 0 Å². The van der Waals surface area contributed by atoms with E-state index in [1.165, 1.54) is 0 Å². The smallest absolute Gasteiger partial charge is 0.415 e. The molecule has 0 bridgehead atoms. The summed E-state index contributed by atoms with van der Waals surface area (Å²) in [4.78, 5) is 0. The van der Waals surface area contributed by atoms with Gasteiger partial charge < -0.3 is 9.05 Å². The molecule has 0 aromatic heterocycles. The summed E-state index contributed by atoms with van der Waals surface area (Å²) < 4.78 is 24.8. The van der Waals surface area contributed by atoms with Crippen LogP contribution < -0.4 is 9.05 Å². The van der Waals surface area contributed by atoms with Gasteiger partial charge in [0.1, 0.15) is 17.0 Å². The largest absolute Gasteiger partial charge is 0.440 e. The Balaban J connectivity index is 2.23. The van der Waals surface area contributed by atoms with E-state index in [0.29, 0.717) is 17.3 Å². The minimum Gasteiger partial charge on any atom is -0.415 e. The standard InChI is InChI=1S/C18H23O3PS3/c19-22(14-25,21-18-10-4-2-7-16(18)11-13-24)20-17-9-3-1-6-15(17)8-5-12-23/h1-4,6-7,9-10,23-25H,5,8,11-14H2. The van der Waals surface area contributed by atoms with Crippen LogP contribution in [0.2, 0.25) is 0 Å². The maximum Gasteiger partial charge on any atom is 0.440 e. The van der Waals surface area contributed by atoms with Crippen molar-refractivity contribution in [2.75, 3.05) is 17.0 Å². The summed E-state index contributed by atoms with van der Waals surface area (Å²) in [5.41, 5.74) is 1.93. The summed E-state index contributed by atoms with van der Waals surface area (Å²) in [6, 6.07) is 15.1. The van der Waals surface area contributed by atoms with Gasteiger partial charge in [-0.3, -0.25) is 0 Å². The van der Waals surface area contributed by atoms with Crippen LogP contribution in [0.5, 0.6) is 11.5 Å². The molecule has 0 amide bonds. The van der Waals surface area contributed by atoms with E-state index in [1.54, 1.807) is 6.07 Å². The summed E-state index contributed by atoms with van der Waals surface area (Å²) in [6.45, 7) is 0. The molecule has 0 aliphatic rings. The van der Waals surface area contributed by atoms with Crippen LogP contribution in [0.25, 0.3) is 0 Å². The molecule has 0 aliphatic heterocycles. The normalized spacial score (nSPS) is 13.2. The van der Waals surface area contributed by atoms with E-state index in [-0.39, 0.29) is 5.49 Å². The van der Waals surface area contributed by atoms with Crippen LogP contribution in [0, 0.1) is 0 Å². The number of para-hydroxylation sites is 2. The third-order valence-electron chi connectivity index (χ3n) is 3.58. The van der Waals surface area contributed by atoms with Crippen molar-refractivity contribution >= 4 is 45.5 Å². The van der Waals surface area contributed by atoms with Gasteiger partial charge in [0, 0.05) is 0 Å². The summed E-state index contributed by atoms with van der Waals surface area (Å²) >= 11 is 12.7. The maximum absolute atomic E-state index is 13.1. The van der Waals surface area contributed by atoms with Crippen LogP contribution >= 0.6 is 45.5 Å². The van der Waals surface area contributed by atoms with Crippen molar-refractivity contribution in [3.8, 4) is 11.5 Å². The molecule has 0 heterocycles. The number of rotatable bonds is 10. The molecule has 1 unspecified atom stereocenters. The molecule has 0 saturated carbocycles. The highest BCUT2D eigenvalue weighted by Gasteiger charge is 2.28. The molecule has 2 aromatic carbocycles. The first kappa shape index (κ1) is 20.6. The van der Waals surface area contributed by atoms with E-state index in [1.807, 2.05) is 42.5 Å². The molecule has 0 N–H and O–H groups in total. The first-order chi connectivity index (χ1) is 12.1. The van der Waals surface area contributed by atoms with Gasteiger partial charge in [-0.15, -0.1) is 0 Å². The molecule has 0 aliphatic carbocycles. The molecule has 0 fully saturated rings. The van der Waals surface area contributed by atoms with Gasteiger partial charge >= 0.3 is 7.60 Å². The van der Waals surface area contributed by atoms with Crippen molar-refractivity contribution in [2.24, 2.45) is 0 Å². The van der Waals surface area contributed by atoms with Crippen LogP contribution in [0.15, 0.2) is 48.5 Å². The maximum atomic E-state index is 13.1. The second-order valence-corrected chi connectivity index (χ2v) is 9.06. The van der Waals surface area contributed by atoms with Gasteiger partial charge in [0.2, 0.25) is 0 Å². The first-order valence-corrected chi connectivity index (χ1v) is 11.7. The van der Waals surface area contributed by atoms with E-state index < -0.39 is 7.60 Å². The third kappa shape index (κ3) is 6.21. The average Bonchev–Trinajstić information content (AvgIpc) is 2.63. The van der Waals surface area contributed by atoms with Crippen molar-refractivity contribution in [3.63, 3.8) is 0 Å². The molecule has 0 saturated heterocycles. The fourth-order valence-corrected chi connectivity index (χ4v) is 4.22. The number of benzene rings is 2. The molecule has 1 atom stereocenters. The molecule has 2 rings (SSSR count). The van der Waals surface area contributed by atoms with Crippen molar-refractivity contribution in [1.82, 2.24) is 0 Å². The highest BCUT2D eigenvalue weighted by atomic mass is 32.1. The minimum absolute atomic E-state index is 0.0108. The SMILES string of the molecule is O=P(CS)(Oc1ccccc1CCS)Oc1ccccc1CCCS. The summed E-state index contributed by atoms with van der Waals surface area (Å²) in [5.74, 6) is 2.60. The Labute approximate surface area is 166 Å². The van der Waals surface area contributed by atoms with Crippen LogP contribution in [0.4, 0.5) is 0 Å². The molecule has 2 aromatic rings. The average molecular weight is 415 g/mol. The quantitative estimate of drug-likeness (QED) is 0.352. The van der Waals surface area contributed by atoms with E-state index >= 15 is 0 Å². The third-order valence-corrected chi connectivity index (χ3v) is 6.45. The topological polar surface area (TPSA) is 35.5 Å². The van der Waals surface area contributed by atoms with Crippen molar-refractivity contribution < 1.29 is 13.6 Å². The number of hydrogen-bond acceptors (Lipinski definition) is 6. The highest BCUT2D eigenvalue weighted by Crippen LogP contribution is 2.50. The van der Waals surface area contributed by atoms with E-state index in [2.05, 4.69) is 37.9 Å². The summed E-state index contributed by atoms with van der Waals surface area (Å²) in [5, 5.41) is 0. The number of thiol groups is 3. The number of aryl methyl sites for hydroxylation is 2. The second kappa shape index (κ2) is 10.5. The molecule has 136 valence electrons. The predicted molar refractivity (Wildman–Crippen MR) is 115 cm³/mol. The lowest BCUT2D eigenvalue weighted by molar-refractivity contribution is 0.388.